The predicted molar refractivity (Wildman–Crippen MR) is 165 cm³/mol. The molecule has 0 spiro atoms. The van der Waals surface area contributed by atoms with E-state index in [1.54, 1.807) is 12.1 Å². The van der Waals surface area contributed by atoms with E-state index in [0.717, 1.165) is 6.07 Å². The number of phenolic OH excluding ortho intramolecular Hbond substituents is 2. The third-order valence-corrected chi connectivity index (χ3v) is 9.47. The molecule has 4 heterocycles. The first-order valence-electron chi connectivity index (χ1n) is 16.3. The van der Waals surface area contributed by atoms with Gasteiger partial charge >= 0.3 is 0 Å². The molecule has 0 aliphatic carbocycles. The number of benzene rings is 2. The summed E-state index contributed by atoms with van der Waals surface area (Å²) in [5.41, 5.74) is 0.446. The van der Waals surface area contributed by atoms with Gasteiger partial charge in [-0.2, -0.15) is 0 Å². The molecular weight excluding hydrogens is 684 g/mol. The molecule has 18 heteroatoms. The second kappa shape index (κ2) is 15.0. The van der Waals surface area contributed by atoms with Crippen LogP contribution in [0, 0.1) is 0 Å². The molecule has 6 rings (SSSR count). The van der Waals surface area contributed by atoms with Crippen molar-refractivity contribution in [3.05, 3.63) is 47.5 Å². The van der Waals surface area contributed by atoms with Crippen LogP contribution in [0.15, 0.2) is 36.4 Å². The van der Waals surface area contributed by atoms with E-state index in [0.29, 0.717) is 5.56 Å². The highest BCUT2D eigenvalue weighted by atomic mass is 16.8. The molecule has 2 aromatic rings. The third-order valence-electron chi connectivity index (χ3n) is 9.47. The van der Waals surface area contributed by atoms with Gasteiger partial charge in [-0.15, -0.1) is 0 Å². The van der Waals surface area contributed by atoms with E-state index in [4.69, 9.17) is 33.2 Å². The maximum Gasteiger partial charge on any atom is 0.229 e. The van der Waals surface area contributed by atoms with Crippen LogP contribution in [0.2, 0.25) is 0 Å². The van der Waals surface area contributed by atoms with Gasteiger partial charge < -0.3 is 84.2 Å². The van der Waals surface area contributed by atoms with Crippen molar-refractivity contribution in [2.75, 3.05) is 6.61 Å². The second-order valence-corrected chi connectivity index (χ2v) is 13.1. The molecular formula is C33H42O18. The van der Waals surface area contributed by atoms with Gasteiger partial charge in [0, 0.05) is 12.1 Å². The number of hydrogen-bond acceptors (Lipinski definition) is 18. The minimum absolute atomic E-state index is 0.00886. The van der Waals surface area contributed by atoms with E-state index in [-0.39, 0.29) is 29.2 Å². The number of hydrogen-bond donors (Lipinski definition) is 10. The molecule has 1 unspecified atom stereocenters. The molecule has 4 aliphatic heterocycles. The maximum absolute atomic E-state index is 13.1. The molecule has 0 saturated carbocycles. The van der Waals surface area contributed by atoms with Crippen molar-refractivity contribution in [1.29, 1.82) is 0 Å². The lowest BCUT2D eigenvalue weighted by Gasteiger charge is -2.46. The van der Waals surface area contributed by atoms with Crippen molar-refractivity contribution in [2.45, 2.75) is 118 Å². The summed E-state index contributed by atoms with van der Waals surface area (Å²) in [6.45, 7) is 2.27. The Balaban J connectivity index is 1.26. The summed E-state index contributed by atoms with van der Waals surface area (Å²) >= 11 is 0. The second-order valence-electron chi connectivity index (χ2n) is 13.1. The van der Waals surface area contributed by atoms with Crippen molar-refractivity contribution < 1.29 is 89.0 Å². The summed E-state index contributed by atoms with van der Waals surface area (Å²) in [7, 11) is 0. The Bertz CT molecular complexity index is 1520. The number of carbonyl (C=O) groups excluding carboxylic acids is 1. The fourth-order valence-corrected chi connectivity index (χ4v) is 6.40. The van der Waals surface area contributed by atoms with E-state index in [1.807, 2.05) is 0 Å². The molecule has 0 amide bonds. The van der Waals surface area contributed by atoms with E-state index in [2.05, 4.69) is 0 Å². The minimum Gasteiger partial charge on any atom is -0.508 e. The van der Waals surface area contributed by atoms with Crippen LogP contribution >= 0.6 is 0 Å². The van der Waals surface area contributed by atoms with Crippen LogP contribution in [-0.4, -0.2) is 156 Å². The summed E-state index contributed by atoms with van der Waals surface area (Å²) in [6.07, 6.45) is -24.2. The van der Waals surface area contributed by atoms with Gasteiger partial charge in [0.15, 0.2) is 24.5 Å². The molecule has 18 nitrogen and oxygen atoms in total. The normalized spacial score (nSPS) is 41.4. The lowest BCUT2D eigenvalue weighted by atomic mass is 9.95. The number of fused-ring (bicyclic) bond motifs is 1. The van der Waals surface area contributed by atoms with Gasteiger partial charge in [-0.1, -0.05) is 12.1 Å². The summed E-state index contributed by atoms with van der Waals surface area (Å²) < 4.78 is 40.3. The average Bonchev–Trinajstić information content (AvgIpc) is 3.09. The van der Waals surface area contributed by atoms with Gasteiger partial charge in [0.1, 0.15) is 89.6 Å². The molecule has 3 saturated heterocycles. The van der Waals surface area contributed by atoms with E-state index in [1.165, 1.54) is 32.0 Å². The molecule has 3 fully saturated rings. The third kappa shape index (κ3) is 7.51. The fourth-order valence-electron chi connectivity index (χ4n) is 6.40. The number of carbonyl (C=O) groups is 1. The summed E-state index contributed by atoms with van der Waals surface area (Å²) in [6, 6.07) is 8.36. The highest BCUT2D eigenvalue weighted by molar-refractivity contribution is 6.02. The number of aliphatic hydroxyl groups is 8. The number of phenols is 2. The molecule has 0 radical (unpaired) electrons. The maximum atomic E-state index is 13.1. The van der Waals surface area contributed by atoms with Gasteiger partial charge in [-0.25, -0.2) is 0 Å². The first-order chi connectivity index (χ1) is 24.1. The molecule has 4 aliphatic rings. The molecule has 0 bridgehead atoms. The van der Waals surface area contributed by atoms with Crippen LogP contribution in [-0.2, 0) is 23.7 Å². The molecule has 10 N–H and O–H groups in total. The van der Waals surface area contributed by atoms with Gasteiger partial charge in [0.2, 0.25) is 6.29 Å². The topological polar surface area (TPSA) is 284 Å². The number of aliphatic hydroxyl groups excluding tert-OH is 8. The number of Topliss-reactive ketones (excluding diaryl/α,β-unsaturated/α-hetero) is 1. The molecule has 282 valence electrons. The number of rotatable bonds is 8. The van der Waals surface area contributed by atoms with Gasteiger partial charge in [-0.3, -0.25) is 4.79 Å². The Hall–Kier alpha value is -3.21. The van der Waals surface area contributed by atoms with Crippen molar-refractivity contribution in [3.8, 4) is 23.0 Å². The van der Waals surface area contributed by atoms with Crippen molar-refractivity contribution in [2.24, 2.45) is 0 Å². The zero-order valence-corrected chi connectivity index (χ0v) is 27.4. The highest BCUT2D eigenvalue weighted by Gasteiger charge is 2.52. The van der Waals surface area contributed by atoms with Crippen LogP contribution in [0.1, 0.15) is 42.3 Å². The largest absolute Gasteiger partial charge is 0.508 e. The number of aromatic hydroxyl groups is 2. The number of ketones is 1. The molecule has 2 aromatic carbocycles. The van der Waals surface area contributed by atoms with Crippen molar-refractivity contribution >= 4 is 5.78 Å². The average molecular weight is 727 g/mol. The molecule has 51 heavy (non-hydrogen) atoms. The summed E-state index contributed by atoms with van der Waals surface area (Å²) in [5, 5.41) is 104. The smallest absolute Gasteiger partial charge is 0.229 e. The molecule has 0 aromatic heterocycles. The predicted octanol–water partition coefficient (Wildman–Crippen LogP) is -2.31. The number of ether oxygens (including phenoxy) is 7. The first kappa shape index (κ1) is 37.5. The van der Waals surface area contributed by atoms with E-state index in [9.17, 15) is 55.9 Å². The van der Waals surface area contributed by atoms with E-state index >= 15 is 0 Å². The summed E-state index contributed by atoms with van der Waals surface area (Å²) in [4.78, 5) is 13.1. The summed E-state index contributed by atoms with van der Waals surface area (Å²) in [5.74, 6) is -1.18. The Morgan fingerprint density at radius 1 is 0.706 bits per heavy atom. The van der Waals surface area contributed by atoms with Crippen LogP contribution < -0.4 is 9.47 Å². The highest BCUT2D eigenvalue weighted by Crippen LogP contribution is 2.43. The first-order valence-corrected chi connectivity index (χ1v) is 16.3. The van der Waals surface area contributed by atoms with Crippen LogP contribution in [0.4, 0.5) is 0 Å². The van der Waals surface area contributed by atoms with Gasteiger partial charge in [0.05, 0.1) is 25.2 Å². The lowest BCUT2D eigenvalue weighted by molar-refractivity contribution is -0.360. The zero-order chi connectivity index (χ0) is 36.9. The van der Waals surface area contributed by atoms with Gasteiger partial charge in [0.25, 0.3) is 0 Å². The Morgan fingerprint density at radius 2 is 1.31 bits per heavy atom. The fraction of sp³-hybridized carbons (Fsp3) is 0.606. The standard InChI is InChI=1S/C33H42O18/c1-11-22(37)25(40)28(43)31(46-11)45-10-20-24(39)27(42)30(51-32-29(44)26(41)23(38)12(2)47-32)33(50-20)48-15-7-16(35)21-17(36)9-18(49-19(21)8-15)13-3-5-14(34)6-4-13/h3-8,11-12,18,20,22-35,37-44H,9-10H2,1-2H3/t11-,12-,18?,20+,22-,23-,24+,25+,26+,27-,28+,29+,30+,31+,32-,33+/m0/s1. The lowest BCUT2D eigenvalue weighted by Crippen LogP contribution is -2.65. The molecule has 16 atom stereocenters. The minimum atomic E-state index is -1.88. The Labute approximate surface area is 290 Å². The SMILES string of the molecule is C[C@@H]1O[C@@H](OC[C@H]2O[C@@H](Oc3cc(O)c4c(c3)OC(c3ccc(O)cc3)CC4=O)[C@H](O[C@@H]3O[C@@H](C)[C@H](O)[C@@H](O)[C@H]3O)[C@@H](O)[C@@H]2O)[C@H](O)[C@H](O)[C@H]1O. The van der Waals surface area contributed by atoms with Crippen LogP contribution in [0.5, 0.6) is 23.0 Å². The zero-order valence-electron chi connectivity index (χ0n) is 27.4. The Kier molecular flexibility index (Phi) is 11.1. The van der Waals surface area contributed by atoms with Gasteiger partial charge in [-0.05, 0) is 31.5 Å². The van der Waals surface area contributed by atoms with E-state index < -0.39 is 116 Å². The van der Waals surface area contributed by atoms with Crippen molar-refractivity contribution in [1.82, 2.24) is 0 Å². The van der Waals surface area contributed by atoms with Crippen LogP contribution in [0.25, 0.3) is 0 Å². The Morgan fingerprint density at radius 3 is 1.96 bits per heavy atom. The van der Waals surface area contributed by atoms with Crippen LogP contribution in [0.3, 0.4) is 0 Å². The quantitative estimate of drug-likeness (QED) is 0.137. The monoisotopic (exact) mass is 726 g/mol. The van der Waals surface area contributed by atoms with Crippen molar-refractivity contribution in [3.63, 3.8) is 0 Å².